The average Bonchev–Trinajstić information content (AvgIpc) is 2.77. The molecular formula is C22H20F3N3O4. The van der Waals surface area contributed by atoms with E-state index in [0.717, 1.165) is 5.56 Å². The van der Waals surface area contributed by atoms with Crippen LogP contribution in [0.3, 0.4) is 0 Å². The number of hydrogen-bond donors (Lipinski definition) is 2. The van der Waals surface area contributed by atoms with E-state index >= 15 is 0 Å². The van der Waals surface area contributed by atoms with E-state index in [-0.39, 0.29) is 17.1 Å². The number of benzene rings is 2. The number of ether oxygens (including phenoxy) is 3. The SMILES string of the molecule is COc1ccc(C2(OC(=O)C(F)(F)F)N=C(N)NC3=C2c2cc(OC)ccc2CC3)cc1. The van der Waals surface area contributed by atoms with Crippen LogP contribution < -0.4 is 20.5 Å². The summed E-state index contributed by atoms with van der Waals surface area (Å²) in [5.74, 6) is -1.59. The third-order valence-electron chi connectivity index (χ3n) is 5.38. The first-order chi connectivity index (χ1) is 15.2. The van der Waals surface area contributed by atoms with Gasteiger partial charge >= 0.3 is 12.1 Å². The molecule has 32 heavy (non-hydrogen) atoms. The van der Waals surface area contributed by atoms with E-state index in [4.69, 9.17) is 19.9 Å². The van der Waals surface area contributed by atoms with E-state index in [9.17, 15) is 18.0 Å². The largest absolute Gasteiger partial charge is 0.497 e. The molecule has 1 heterocycles. The zero-order chi connectivity index (χ0) is 23.1. The number of carbonyl (C=O) groups excluding carboxylic acids is 1. The Bertz CT molecular complexity index is 1130. The first kappa shape index (κ1) is 21.5. The lowest BCUT2D eigenvalue weighted by Gasteiger charge is -2.40. The standard InChI is InChI=1S/C22H20F3N3O4/c1-30-14-8-5-13(6-9-14)21(32-19(29)22(23,24)25)18-16-11-15(31-2)7-3-12(16)4-10-17(18)27-20(26)28-21/h3,5-9,11H,4,10H2,1-2H3,(H3,26,27,28). The summed E-state index contributed by atoms with van der Waals surface area (Å²) >= 11 is 0. The number of allylic oxidation sites excluding steroid dienone is 1. The van der Waals surface area contributed by atoms with E-state index in [1.54, 1.807) is 24.3 Å². The highest BCUT2D eigenvalue weighted by Crippen LogP contribution is 2.49. The molecule has 2 aromatic carbocycles. The van der Waals surface area contributed by atoms with Crippen LogP contribution in [0.5, 0.6) is 11.5 Å². The second-order valence-corrected chi connectivity index (χ2v) is 7.26. The molecule has 0 saturated heterocycles. The van der Waals surface area contributed by atoms with E-state index in [1.807, 2.05) is 6.07 Å². The summed E-state index contributed by atoms with van der Waals surface area (Å²) in [6.45, 7) is 0. The molecule has 0 aromatic heterocycles. The Morgan fingerprint density at radius 2 is 1.72 bits per heavy atom. The van der Waals surface area contributed by atoms with Crippen LogP contribution >= 0.6 is 0 Å². The highest BCUT2D eigenvalue weighted by atomic mass is 19.4. The number of aryl methyl sites for hydroxylation is 1. The molecule has 0 saturated carbocycles. The number of hydrogen-bond acceptors (Lipinski definition) is 7. The number of alkyl halides is 3. The van der Waals surface area contributed by atoms with Crippen LogP contribution in [0, 0.1) is 0 Å². The second kappa shape index (κ2) is 7.77. The lowest BCUT2D eigenvalue weighted by Crippen LogP contribution is -2.47. The van der Waals surface area contributed by atoms with Crippen molar-refractivity contribution in [3.8, 4) is 11.5 Å². The molecule has 1 aliphatic heterocycles. The fourth-order valence-electron chi connectivity index (χ4n) is 3.95. The maximum Gasteiger partial charge on any atom is 0.491 e. The molecule has 10 heteroatoms. The fourth-order valence-corrected chi connectivity index (χ4v) is 3.95. The van der Waals surface area contributed by atoms with Crippen LogP contribution in [0.25, 0.3) is 5.57 Å². The number of nitrogens with two attached hydrogens (primary N) is 1. The summed E-state index contributed by atoms with van der Waals surface area (Å²) in [6.07, 6.45) is -4.20. The molecule has 2 aliphatic rings. The van der Waals surface area contributed by atoms with Crippen molar-refractivity contribution in [1.82, 2.24) is 5.32 Å². The average molecular weight is 447 g/mol. The van der Waals surface area contributed by atoms with E-state index in [0.29, 0.717) is 35.6 Å². The maximum absolute atomic E-state index is 13.3. The summed E-state index contributed by atoms with van der Waals surface area (Å²) in [7, 11) is 2.94. The van der Waals surface area contributed by atoms with Crippen LogP contribution in [0.1, 0.15) is 23.1 Å². The van der Waals surface area contributed by atoms with Gasteiger partial charge in [0.05, 0.1) is 19.8 Å². The lowest BCUT2D eigenvalue weighted by atomic mass is 9.79. The fraction of sp³-hybridized carbons (Fsp3) is 0.273. The zero-order valence-electron chi connectivity index (χ0n) is 17.2. The Morgan fingerprint density at radius 1 is 1.06 bits per heavy atom. The number of esters is 1. The number of fused-ring (bicyclic) bond motifs is 2. The van der Waals surface area contributed by atoms with E-state index < -0.39 is 17.9 Å². The molecule has 0 spiro atoms. The molecule has 0 amide bonds. The lowest BCUT2D eigenvalue weighted by molar-refractivity contribution is -0.210. The van der Waals surface area contributed by atoms with Crippen LogP contribution in [0.2, 0.25) is 0 Å². The van der Waals surface area contributed by atoms with Crippen molar-refractivity contribution in [2.75, 3.05) is 14.2 Å². The smallest absolute Gasteiger partial charge is 0.491 e. The van der Waals surface area contributed by atoms with E-state index in [2.05, 4.69) is 10.3 Å². The van der Waals surface area contributed by atoms with Crippen molar-refractivity contribution in [3.05, 3.63) is 64.9 Å². The highest BCUT2D eigenvalue weighted by Gasteiger charge is 2.52. The van der Waals surface area contributed by atoms with Gasteiger partial charge in [-0.1, -0.05) is 6.07 Å². The quantitative estimate of drug-likeness (QED) is 0.699. The number of rotatable bonds is 4. The van der Waals surface area contributed by atoms with Crippen LogP contribution in [-0.2, 0) is 21.7 Å². The van der Waals surface area contributed by atoms with Gasteiger partial charge in [-0.15, -0.1) is 0 Å². The minimum absolute atomic E-state index is 0.166. The Hall–Kier alpha value is -3.69. The van der Waals surface area contributed by atoms with Gasteiger partial charge in [-0.2, -0.15) is 18.2 Å². The number of nitrogens with zero attached hydrogens (tertiary/aromatic N) is 1. The van der Waals surface area contributed by atoms with Crippen LogP contribution in [0.4, 0.5) is 13.2 Å². The molecule has 1 atom stereocenters. The van der Waals surface area contributed by atoms with Gasteiger partial charge in [-0.25, -0.2) is 4.79 Å². The molecule has 168 valence electrons. The third kappa shape index (κ3) is 3.61. The van der Waals surface area contributed by atoms with Crippen molar-refractivity contribution >= 4 is 17.5 Å². The van der Waals surface area contributed by atoms with Gasteiger partial charge in [0.2, 0.25) is 0 Å². The Kier molecular flexibility index (Phi) is 5.23. The van der Waals surface area contributed by atoms with Crippen molar-refractivity contribution in [3.63, 3.8) is 0 Å². The summed E-state index contributed by atoms with van der Waals surface area (Å²) < 4.78 is 55.6. The Labute approximate surface area is 181 Å². The zero-order valence-corrected chi connectivity index (χ0v) is 17.2. The number of nitrogens with one attached hydrogen (secondary N) is 1. The Morgan fingerprint density at radius 3 is 2.34 bits per heavy atom. The van der Waals surface area contributed by atoms with Crippen LogP contribution in [0.15, 0.2) is 53.2 Å². The van der Waals surface area contributed by atoms with Gasteiger partial charge in [-0.05, 0) is 60.4 Å². The molecule has 1 unspecified atom stereocenters. The molecule has 0 fully saturated rings. The number of methoxy groups -OCH3 is 2. The van der Waals surface area contributed by atoms with Gasteiger partial charge in [0.1, 0.15) is 11.5 Å². The number of carbonyl (C=O) groups is 1. The minimum atomic E-state index is -5.23. The predicted octanol–water partition coefficient (Wildman–Crippen LogP) is 3.24. The summed E-state index contributed by atoms with van der Waals surface area (Å²) in [4.78, 5) is 16.3. The summed E-state index contributed by atoms with van der Waals surface area (Å²) in [6, 6.07) is 11.3. The van der Waals surface area contributed by atoms with Crippen LogP contribution in [-0.4, -0.2) is 32.3 Å². The van der Waals surface area contributed by atoms with Crippen molar-refractivity contribution in [2.24, 2.45) is 10.7 Å². The number of guanidine groups is 1. The first-order valence-electron chi connectivity index (χ1n) is 9.66. The van der Waals surface area contributed by atoms with Gasteiger partial charge in [0, 0.05) is 11.3 Å². The monoisotopic (exact) mass is 447 g/mol. The maximum atomic E-state index is 13.3. The minimum Gasteiger partial charge on any atom is -0.497 e. The summed E-state index contributed by atoms with van der Waals surface area (Å²) in [5.41, 5.74) is 6.17. The third-order valence-corrected chi connectivity index (χ3v) is 5.38. The molecule has 4 rings (SSSR count). The van der Waals surface area contributed by atoms with Gasteiger partial charge < -0.3 is 25.3 Å². The van der Waals surface area contributed by atoms with Gasteiger partial charge in [0.25, 0.3) is 5.72 Å². The molecule has 1 aliphatic carbocycles. The van der Waals surface area contributed by atoms with Crippen molar-refractivity contribution < 1.29 is 32.2 Å². The summed E-state index contributed by atoms with van der Waals surface area (Å²) in [5, 5.41) is 2.93. The second-order valence-electron chi connectivity index (χ2n) is 7.26. The molecule has 7 nitrogen and oxygen atoms in total. The number of aliphatic imine (C=N–C) groups is 1. The van der Waals surface area contributed by atoms with Gasteiger partial charge in [0.15, 0.2) is 5.96 Å². The molecule has 0 radical (unpaired) electrons. The normalized spacial score (nSPS) is 19.8. The Balaban J connectivity index is 1.99. The van der Waals surface area contributed by atoms with Gasteiger partial charge in [-0.3, -0.25) is 0 Å². The predicted molar refractivity (Wildman–Crippen MR) is 110 cm³/mol. The molecule has 2 aromatic rings. The van der Waals surface area contributed by atoms with Crippen molar-refractivity contribution in [2.45, 2.75) is 24.7 Å². The topological polar surface area (TPSA) is 95.2 Å². The van der Waals surface area contributed by atoms with Crippen molar-refractivity contribution in [1.29, 1.82) is 0 Å². The molecular weight excluding hydrogens is 427 g/mol. The molecule has 0 bridgehead atoms. The first-order valence-corrected chi connectivity index (χ1v) is 9.66. The highest BCUT2D eigenvalue weighted by molar-refractivity contribution is 5.93. The van der Waals surface area contributed by atoms with E-state index in [1.165, 1.54) is 26.4 Å². The molecule has 3 N–H and O–H groups in total. The number of halogens is 3.